The van der Waals surface area contributed by atoms with Gasteiger partial charge in [-0.15, -0.1) is 10.2 Å². The molecule has 0 amide bonds. The molecule has 0 saturated heterocycles. The van der Waals surface area contributed by atoms with E-state index in [1.165, 1.54) is 19.1 Å². The molecule has 0 saturated carbocycles. The zero-order valence-electron chi connectivity index (χ0n) is 9.94. The number of carbonyl (C=O) groups is 1. The average molecular weight is 362 g/mol. The van der Waals surface area contributed by atoms with E-state index in [9.17, 15) is 14.3 Å². The van der Waals surface area contributed by atoms with Crippen molar-refractivity contribution in [2.75, 3.05) is 0 Å². The van der Waals surface area contributed by atoms with E-state index in [4.69, 9.17) is 0 Å². The number of Topliss-reactive ketones (excluding diaryl/α,β-unsaturated/α-hetero) is 1. The van der Waals surface area contributed by atoms with Crippen molar-refractivity contribution in [3.05, 3.63) is 39.0 Å². The summed E-state index contributed by atoms with van der Waals surface area (Å²) in [4.78, 5) is 11.3. The van der Waals surface area contributed by atoms with Gasteiger partial charge in [-0.05, 0) is 40.8 Å². The van der Waals surface area contributed by atoms with E-state index in [2.05, 4.69) is 10.2 Å². The van der Waals surface area contributed by atoms with Crippen LogP contribution in [0, 0.1) is 9.39 Å². The average Bonchev–Trinajstić information content (AvgIpc) is 2.32. The Kier molecular flexibility index (Phi) is 5.39. The van der Waals surface area contributed by atoms with Crippen molar-refractivity contribution in [3.63, 3.8) is 0 Å². The van der Waals surface area contributed by atoms with E-state index in [0.29, 0.717) is 0 Å². The third-order valence-corrected chi connectivity index (χ3v) is 2.78. The van der Waals surface area contributed by atoms with Crippen molar-refractivity contribution >= 4 is 34.1 Å². The van der Waals surface area contributed by atoms with Crippen LogP contribution < -0.4 is 0 Å². The molecule has 1 aromatic carbocycles. The second-order valence-electron chi connectivity index (χ2n) is 3.50. The van der Waals surface area contributed by atoms with Gasteiger partial charge in [-0.3, -0.25) is 4.79 Å². The van der Waals surface area contributed by atoms with Gasteiger partial charge in [0.05, 0.1) is 0 Å². The molecule has 0 aromatic heterocycles. The summed E-state index contributed by atoms with van der Waals surface area (Å²) in [6.45, 7) is 2.95. The number of carbonyl (C=O) groups excluding carboxylic acids is 1. The van der Waals surface area contributed by atoms with Crippen LogP contribution in [0.3, 0.4) is 0 Å². The van der Waals surface area contributed by atoms with E-state index in [-0.39, 0.29) is 23.6 Å². The number of aliphatic hydroxyl groups is 1. The van der Waals surface area contributed by atoms with Crippen molar-refractivity contribution in [2.45, 2.75) is 20.3 Å². The highest BCUT2D eigenvalue weighted by molar-refractivity contribution is 14.1. The van der Waals surface area contributed by atoms with Gasteiger partial charge >= 0.3 is 0 Å². The highest BCUT2D eigenvalue weighted by Crippen LogP contribution is 2.22. The van der Waals surface area contributed by atoms with E-state index >= 15 is 0 Å². The molecule has 0 atom stereocenters. The molecular formula is C12H12FIN2O2. The van der Waals surface area contributed by atoms with Gasteiger partial charge in [0.1, 0.15) is 11.4 Å². The molecule has 0 aliphatic rings. The minimum absolute atomic E-state index is 0.0320. The molecule has 18 heavy (non-hydrogen) atoms. The number of azo groups is 1. The fourth-order valence-corrected chi connectivity index (χ4v) is 1.64. The van der Waals surface area contributed by atoms with Crippen molar-refractivity contribution in [1.29, 1.82) is 0 Å². The molecule has 0 heterocycles. The van der Waals surface area contributed by atoms with Crippen LogP contribution >= 0.6 is 22.6 Å². The molecule has 1 N–H and O–H groups in total. The summed E-state index contributed by atoms with van der Waals surface area (Å²) in [5.41, 5.74) is -0.111. The Morgan fingerprint density at radius 2 is 2.17 bits per heavy atom. The summed E-state index contributed by atoms with van der Waals surface area (Å²) in [5.74, 6) is -1.10. The largest absolute Gasteiger partial charge is 0.510 e. The van der Waals surface area contributed by atoms with Crippen molar-refractivity contribution in [1.82, 2.24) is 0 Å². The quantitative estimate of drug-likeness (QED) is 0.376. The molecular weight excluding hydrogens is 350 g/mol. The first-order chi connectivity index (χ1) is 8.45. The fraction of sp³-hybridized carbons (Fsp3) is 0.250. The van der Waals surface area contributed by atoms with Gasteiger partial charge in [0.25, 0.3) is 0 Å². The van der Waals surface area contributed by atoms with E-state index in [0.717, 1.165) is 3.57 Å². The van der Waals surface area contributed by atoms with Gasteiger partial charge in [0.2, 0.25) is 0 Å². The standard InChI is InChI=1S/C12H12FIN2O2/c1-3-11(18)12(7(2)17)16-15-10-6-8(14)4-5-9(10)13/h4-6,18H,3H2,1-2H3. The minimum Gasteiger partial charge on any atom is -0.510 e. The van der Waals surface area contributed by atoms with Crippen LogP contribution in [0.1, 0.15) is 20.3 Å². The summed E-state index contributed by atoms with van der Waals surface area (Å²) in [6, 6.07) is 4.37. The van der Waals surface area contributed by atoms with E-state index in [1.54, 1.807) is 13.0 Å². The summed E-state index contributed by atoms with van der Waals surface area (Å²) in [7, 11) is 0. The van der Waals surface area contributed by atoms with E-state index in [1.807, 2.05) is 22.6 Å². The Morgan fingerprint density at radius 3 is 2.72 bits per heavy atom. The van der Waals surface area contributed by atoms with Gasteiger partial charge in [-0.2, -0.15) is 0 Å². The number of allylic oxidation sites excluding steroid dienone is 2. The first-order valence-electron chi connectivity index (χ1n) is 5.25. The molecule has 4 nitrogen and oxygen atoms in total. The first kappa shape index (κ1) is 14.7. The lowest BCUT2D eigenvalue weighted by molar-refractivity contribution is -0.113. The Bertz CT molecular complexity index is 527. The van der Waals surface area contributed by atoms with Gasteiger partial charge < -0.3 is 5.11 Å². The lowest BCUT2D eigenvalue weighted by Gasteiger charge is -2.00. The summed E-state index contributed by atoms with van der Waals surface area (Å²) in [5, 5.41) is 16.8. The molecule has 0 bridgehead atoms. The highest BCUT2D eigenvalue weighted by Gasteiger charge is 2.09. The fourth-order valence-electron chi connectivity index (χ4n) is 1.17. The Balaban J connectivity index is 3.12. The normalized spacial score (nSPS) is 12.7. The topological polar surface area (TPSA) is 62.0 Å². The van der Waals surface area contributed by atoms with Crippen LogP contribution in [-0.4, -0.2) is 10.9 Å². The number of ketones is 1. The molecule has 1 aromatic rings. The summed E-state index contributed by atoms with van der Waals surface area (Å²) >= 11 is 2.02. The minimum atomic E-state index is -0.530. The van der Waals surface area contributed by atoms with Crippen LogP contribution in [0.4, 0.5) is 10.1 Å². The molecule has 0 unspecified atom stereocenters. The SMILES string of the molecule is CCC(O)=C(N=Nc1cc(I)ccc1F)C(C)=O. The molecule has 1 rings (SSSR count). The number of nitrogens with zero attached hydrogens (tertiary/aromatic N) is 2. The monoisotopic (exact) mass is 362 g/mol. The van der Waals surface area contributed by atoms with Crippen molar-refractivity contribution in [2.24, 2.45) is 10.2 Å². The Labute approximate surface area is 118 Å². The van der Waals surface area contributed by atoms with Crippen LogP contribution in [0.25, 0.3) is 0 Å². The lowest BCUT2D eigenvalue weighted by atomic mass is 10.2. The maximum Gasteiger partial charge on any atom is 0.183 e. The predicted molar refractivity (Wildman–Crippen MR) is 74.3 cm³/mol. The van der Waals surface area contributed by atoms with E-state index < -0.39 is 11.6 Å². The summed E-state index contributed by atoms with van der Waals surface area (Å²) < 4.78 is 14.2. The molecule has 0 spiro atoms. The number of hydrogen-bond acceptors (Lipinski definition) is 4. The number of halogens is 2. The third kappa shape index (κ3) is 3.86. The third-order valence-electron chi connectivity index (χ3n) is 2.11. The second kappa shape index (κ2) is 6.58. The molecule has 6 heteroatoms. The van der Waals surface area contributed by atoms with Gasteiger partial charge in [0, 0.05) is 16.9 Å². The van der Waals surface area contributed by atoms with Crippen molar-refractivity contribution < 1.29 is 14.3 Å². The summed E-state index contributed by atoms with van der Waals surface area (Å²) in [6.07, 6.45) is 0.267. The Hall–Kier alpha value is -1.31. The number of aliphatic hydroxyl groups excluding tert-OH is 1. The van der Waals surface area contributed by atoms with Crippen LogP contribution in [0.2, 0.25) is 0 Å². The first-order valence-corrected chi connectivity index (χ1v) is 6.33. The predicted octanol–water partition coefficient (Wildman–Crippen LogP) is 4.28. The van der Waals surface area contributed by atoms with Crippen molar-refractivity contribution in [3.8, 4) is 0 Å². The lowest BCUT2D eigenvalue weighted by Crippen LogP contribution is -1.98. The molecule has 0 radical (unpaired) electrons. The molecule has 0 aliphatic carbocycles. The van der Waals surface area contributed by atoms with Gasteiger partial charge in [0.15, 0.2) is 17.3 Å². The molecule has 0 fully saturated rings. The molecule has 96 valence electrons. The molecule has 0 aliphatic heterocycles. The number of benzene rings is 1. The zero-order chi connectivity index (χ0) is 13.7. The maximum atomic E-state index is 13.4. The van der Waals surface area contributed by atoms with Crippen LogP contribution in [-0.2, 0) is 4.79 Å². The zero-order valence-corrected chi connectivity index (χ0v) is 12.1. The van der Waals surface area contributed by atoms with Crippen LogP contribution in [0.5, 0.6) is 0 Å². The van der Waals surface area contributed by atoms with Gasteiger partial charge in [-0.1, -0.05) is 6.92 Å². The number of hydrogen-bond donors (Lipinski definition) is 1. The smallest absolute Gasteiger partial charge is 0.183 e. The number of rotatable bonds is 4. The van der Waals surface area contributed by atoms with Gasteiger partial charge in [-0.25, -0.2) is 4.39 Å². The van der Waals surface area contributed by atoms with Crippen LogP contribution in [0.15, 0.2) is 39.9 Å². The second-order valence-corrected chi connectivity index (χ2v) is 4.75. The maximum absolute atomic E-state index is 13.4. The highest BCUT2D eigenvalue weighted by atomic mass is 127. The Morgan fingerprint density at radius 1 is 1.50 bits per heavy atom.